The average molecular weight is 500 g/mol. The van der Waals surface area contributed by atoms with Gasteiger partial charge in [0.25, 0.3) is 11.5 Å². The first-order valence-corrected chi connectivity index (χ1v) is 11.8. The highest BCUT2D eigenvalue weighted by atomic mass is 35.5. The fourth-order valence-electron chi connectivity index (χ4n) is 3.80. The van der Waals surface area contributed by atoms with Crippen LogP contribution in [0.2, 0.25) is 10.3 Å². The van der Waals surface area contributed by atoms with Gasteiger partial charge in [0.1, 0.15) is 15.8 Å². The van der Waals surface area contributed by atoms with Crippen molar-refractivity contribution < 1.29 is 9.63 Å². The van der Waals surface area contributed by atoms with Gasteiger partial charge in [-0.15, -0.1) is 11.3 Å². The molecule has 0 aromatic carbocycles. The summed E-state index contributed by atoms with van der Waals surface area (Å²) in [6, 6.07) is 0. The maximum absolute atomic E-state index is 13.5. The number of carbonyl (C=O) groups is 1. The number of imidazole rings is 1. The molecule has 0 spiro atoms. The van der Waals surface area contributed by atoms with Crippen LogP contribution in [0.4, 0.5) is 0 Å². The molecule has 1 fully saturated rings. The van der Waals surface area contributed by atoms with Crippen LogP contribution in [0, 0.1) is 12.8 Å². The van der Waals surface area contributed by atoms with Crippen molar-refractivity contribution in [3.8, 4) is 0 Å². The Bertz CT molecular complexity index is 1330. The lowest BCUT2D eigenvalue weighted by Gasteiger charge is -2.15. The van der Waals surface area contributed by atoms with Gasteiger partial charge < -0.3 is 4.57 Å². The van der Waals surface area contributed by atoms with Gasteiger partial charge in [-0.1, -0.05) is 37.0 Å². The van der Waals surface area contributed by atoms with Gasteiger partial charge in [0.2, 0.25) is 0 Å². The maximum atomic E-state index is 13.5. The maximum Gasteiger partial charge on any atom is 0.331 e. The Hall–Kier alpha value is -2.14. The third-order valence-corrected chi connectivity index (χ3v) is 7.29. The molecule has 4 heterocycles. The van der Waals surface area contributed by atoms with E-state index in [9.17, 15) is 14.4 Å². The van der Waals surface area contributed by atoms with E-state index in [2.05, 4.69) is 4.98 Å². The lowest BCUT2D eigenvalue weighted by Crippen LogP contribution is -2.39. The van der Waals surface area contributed by atoms with E-state index in [1.165, 1.54) is 23.4 Å². The van der Waals surface area contributed by atoms with Crippen molar-refractivity contribution in [3.05, 3.63) is 47.4 Å². The molecular weight excluding hydrogens is 477 g/mol. The molecule has 4 rings (SSSR count). The van der Waals surface area contributed by atoms with Crippen molar-refractivity contribution in [2.75, 3.05) is 13.2 Å². The molecule has 9 nitrogen and oxygen atoms in total. The summed E-state index contributed by atoms with van der Waals surface area (Å²) in [5.74, 6) is 0.320. The van der Waals surface area contributed by atoms with Crippen LogP contribution in [0.15, 0.2) is 9.59 Å². The summed E-state index contributed by atoms with van der Waals surface area (Å²) in [6.07, 6.45) is 0.710. The minimum absolute atomic E-state index is 0.157. The number of hydrogen-bond acceptors (Lipinski definition) is 6. The lowest BCUT2D eigenvalue weighted by atomic mass is 10.1. The molecule has 172 valence electrons. The molecule has 0 aliphatic carbocycles. The summed E-state index contributed by atoms with van der Waals surface area (Å²) >= 11 is 13.7. The summed E-state index contributed by atoms with van der Waals surface area (Å²) in [6.45, 7) is 7.17. The third-order valence-electron chi connectivity index (χ3n) is 5.34. The molecule has 0 unspecified atom stereocenters. The van der Waals surface area contributed by atoms with Crippen molar-refractivity contribution in [2.45, 2.75) is 40.3 Å². The summed E-state index contributed by atoms with van der Waals surface area (Å²) in [5.41, 5.74) is -0.702. The number of carbonyl (C=O) groups excluding carboxylic acids is 1. The fraction of sp³-hybridized carbons (Fsp3) is 0.500. The second kappa shape index (κ2) is 8.66. The van der Waals surface area contributed by atoms with E-state index in [-0.39, 0.29) is 33.7 Å². The van der Waals surface area contributed by atoms with Crippen LogP contribution < -0.4 is 11.2 Å². The van der Waals surface area contributed by atoms with Crippen molar-refractivity contribution >= 4 is 50.7 Å². The first kappa shape index (κ1) is 23.0. The topological polar surface area (TPSA) is 91.4 Å². The van der Waals surface area contributed by atoms with Crippen LogP contribution in [0.1, 0.15) is 41.3 Å². The second-order valence-electron chi connectivity index (χ2n) is 8.15. The number of fused-ring (bicyclic) bond motifs is 1. The molecule has 0 radical (unpaired) electrons. The van der Waals surface area contributed by atoms with Crippen molar-refractivity contribution in [3.63, 3.8) is 0 Å². The van der Waals surface area contributed by atoms with Gasteiger partial charge in [-0.25, -0.2) is 14.8 Å². The molecule has 32 heavy (non-hydrogen) atoms. The van der Waals surface area contributed by atoms with E-state index in [1.807, 2.05) is 13.8 Å². The first-order valence-electron chi connectivity index (χ1n) is 10.2. The number of thiophene rings is 1. The van der Waals surface area contributed by atoms with Gasteiger partial charge in [-0.2, -0.15) is 0 Å². The molecule has 3 aromatic heterocycles. The minimum atomic E-state index is -0.512. The van der Waals surface area contributed by atoms with E-state index in [0.29, 0.717) is 41.6 Å². The normalized spacial score (nSPS) is 14.3. The fourth-order valence-corrected chi connectivity index (χ4v) is 5.52. The van der Waals surface area contributed by atoms with Gasteiger partial charge in [-0.05, 0) is 19.3 Å². The Morgan fingerprint density at radius 3 is 2.53 bits per heavy atom. The van der Waals surface area contributed by atoms with E-state index in [1.54, 1.807) is 16.1 Å². The third kappa shape index (κ3) is 3.79. The number of rotatable bonds is 5. The Morgan fingerprint density at radius 2 is 1.97 bits per heavy atom. The number of hydrogen-bond donors (Lipinski definition) is 0. The summed E-state index contributed by atoms with van der Waals surface area (Å²) in [4.78, 5) is 50.3. The quantitative estimate of drug-likeness (QED) is 0.537. The Labute approximate surface area is 197 Å². The Morgan fingerprint density at radius 1 is 1.25 bits per heavy atom. The number of nitrogens with zero attached hydrogens (tertiary/aromatic N) is 5. The molecule has 1 aliphatic heterocycles. The van der Waals surface area contributed by atoms with Crippen molar-refractivity contribution in [2.24, 2.45) is 13.0 Å². The Kier molecular flexibility index (Phi) is 6.23. The highest BCUT2D eigenvalue weighted by molar-refractivity contribution is 7.19. The summed E-state index contributed by atoms with van der Waals surface area (Å²) in [5, 5.41) is 1.89. The van der Waals surface area contributed by atoms with E-state index in [4.69, 9.17) is 28.0 Å². The molecule has 12 heteroatoms. The van der Waals surface area contributed by atoms with Crippen molar-refractivity contribution in [1.82, 2.24) is 23.7 Å². The number of aryl methyl sites for hydroxylation is 1. The van der Waals surface area contributed by atoms with Crippen LogP contribution in [0.5, 0.6) is 0 Å². The first-order chi connectivity index (χ1) is 15.1. The van der Waals surface area contributed by atoms with Gasteiger partial charge in [-0.3, -0.25) is 23.6 Å². The zero-order valence-electron chi connectivity index (χ0n) is 18.1. The number of halogens is 2. The molecule has 0 N–H and O–H groups in total. The van der Waals surface area contributed by atoms with E-state index < -0.39 is 17.2 Å². The molecule has 1 saturated heterocycles. The monoisotopic (exact) mass is 499 g/mol. The molecule has 1 aliphatic rings. The van der Waals surface area contributed by atoms with Gasteiger partial charge in [0, 0.05) is 18.5 Å². The second-order valence-corrected chi connectivity index (χ2v) is 9.95. The standard InChI is InChI=1S/C20H23Cl2N5O4S/c1-10(2)8-26-19-14(17(28)24(4)20(26)30)13(18(29)27-6-5-7-31-27)12(32-19)9-25-11(3)23-15(21)16(25)22/h10H,5-9H2,1-4H3. The summed E-state index contributed by atoms with van der Waals surface area (Å²) < 4.78 is 4.28. The van der Waals surface area contributed by atoms with E-state index in [0.717, 1.165) is 4.57 Å². The molecule has 0 atom stereocenters. The van der Waals surface area contributed by atoms with Gasteiger partial charge in [0.15, 0.2) is 5.15 Å². The zero-order chi connectivity index (χ0) is 23.3. The molecule has 3 aromatic rings. The SMILES string of the molecule is Cc1nc(Cl)c(Cl)n1Cc1sc2c(c1C(=O)N1CCCO1)c(=O)n(C)c(=O)n2CC(C)C. The van der Waals surface area contributed by atoms with E-state index >= 15 is 0 Å². The van der Waals surface area contributed by atoms with Crippen LogP contribution in [-0.2, 0) is 25.0 Å². The Balaban J connectivity index is 2.02. The number of hydroxylamine groups is 2. The average Bonchev–Trinajstić information content (AvgIpc) is 3.45. The molecule has 1 amide bonds. The number of aromatic nitrogens is 4. The van der Waals surface area contributed by atoms with Gasteiger partial charge in [0.05, 0.1) is 30.6 Å². The predicted molar refractivity (Wildman–Crippen MR) is 124 cm³/mol. The predicted octanol–water partition coefficient (Wildman–Crippen LogP) is 3.06. The lowest BCUT2D eigenvalue weighted by molar-refractivity contribution is -0.0767. The smallest absolute Gasteiger partial charge is 0.313 e. The van der Waals surface area contributed by atoms with Crippen LogP contribution in [0.3, 0.4) is 0 Å². The van der Waals surface area contributed by atoms with Crippen LogP contribution in [-0.4, -0.2) is 42.8 Å². The summed E-state index contributed by atoms with van der Waals surface area (Å²) in [7, 11) is 1.43. The molecular formula is C20H23Cl2N5O4S. The minimum Gasteiger partial charge on any atom is -0.313 e. The molecule has 0 saturated carbocycles. The van der Waals surface area contributed by atoms with Crippen molar-refractivity contribution in [1.29, 1.82) is 0 Å². The van der Waals surface area contributed by atoms with Crippen LogP contribution in [0.25, 0.3) is 10.2 Å². The van der Waals surface area contributed by atoms with Gasteiger partial charge >= 0.3 is 5.69 Å². The largest absolute Gasteiger partial charge is 0.331 e. The highest BCUT2D eigenvalue weighted by Gasteiger charge is 2.31. The zero-order valence-corrected chi connectivity index (χ0v) is 20.5. The van der Waals surface area contributed by atoms with Crippen LogP contribution >= 0.6 is 34.5 Å². The highest BCUT2D eigenvalue weighted by Crippen LogP contribution is 2.33. The molecule has 0 bridgehead atoms. The number of amides is 1.